The van der Waals surface area contributed by atoms with Crippen LogP contribution in [0.15, 0.2) is 11.6 Å². The summed E-state index contributed by atoms with van der Waals surface area (Å²) in [6, 6.07) is 0. The second-order valence-electron chi connectivity index (χ2n) is 11.0. The van der Waals surface area contributed by atoms with E-state index in [9.17, 15) is 5.11 Å². The molecule has 0 aromatic carbocycles. The molecule has 0 aromatic heterocycles. The standard InChI is InChI=1S/C23H38O2/c1-21(2,3)25-16-10-12-22(4)15(14-16)6-7-17-18-8-9-20(24)23(18,5)13-11-19(17)22/h6,16-20,24H,7-14H2,1-5H3/t16-,17+,18+,19+,20-,22-,23-/m0/s1. The molecule has 0 heterocycles. The van der Waals surface area contributed by atoms with Crippen LogP contribution < -0.4 is 0 Å². The number of hydrogen-bond donors (Lipinski definition) is 1. The first-order chi connectivity index (χ1) is 11.6. The highest BCUT2D eigenvalue weighted by Crippen LogP contribution is 2.64. The van der Waals surface area contributed by atoms with Gasteiger partial charge in [-0.15, -0.1) is 0 Å². The van der Waals surface area contributed by atoms with Gasteiger partial charge in [-0.05, 0) is 101 Å². The number of allylic oxidation sites excluding steroid dienone is 1. The molecule has 4 aliphatic carbocycles. The predicted octanol–water partition coefficient (Wildman–Crippen LogP) is 5.49. The Morgan fingerprint density at radius 1 is 1.04 bits per heavy atom. The average molecular weight is 347 g/mol. The molecular weight excluding hydrogens is 308 g/mol. The summed E-state index contributed by atoms with van der Waals surface area (Å²) in [7, 11) is 0. The van der Waals surface area contributed by atoms with Crippen LogP contribution in [0, 0.1) is 28.6 Å². The van der Waals surface area contributed by atoms with Crippen molar-refractivity contribution in [3.8, 4) is 0 Å². The molecule has 0 radical (unpaired) electrons. The Balaban J connectivity index is 1.56. The summed E-state index contributed by atoms with van der Waals surface area (Å²) in [5.41, 5.74) is 2.23. The largest absolute Gasteiger partial charge is 0.393 e. The molecule has 142 valence electrons. The maximum Gasteiger partial charge on any atom is 0.0619 e. The summed E-state index contributed by atoms with van der Waals surface area (Å²) >= 11 is 0. The number of aliphatic hydroxyl groups is 1. The summed E-state index contributed by atoms with van der Waals surface area (Å²) in [6.45, 7) is 11.5. The molecule has 0 aromatic rings. The minimum absolute atomic E-state index is 0.0389. The average Bonchev–Trinajstić information content (AvgIpc) is 2.82. The second-order valence-corrected chi connectivity index (χ2v) is 11.0. The summed E-state index contributed by atoms with van der Waals surface area (Å²) in [4.78, 5) is 0. The molecule has 7 atom stereocenters. The lowest BCUT2D eigenvalue weighted by atomic mass is 9.48. The molecule has 1 N–H and O–H groups in total. The Kier molecular flexibility index (Phi) is 4.21. The highest BCUT2D eigenvalue weighted by molar-refractivity contribution is 5.25. The molecule has 3 saturated carbocycles. The van der Waals surface area contributed by atoms with Gasteiger partial charge in [-0.2, -0.15) is 0 Å². The van der Waals surface area contributed by atoms with Crippen LogP contribution in [0.3, 0.4) is 0 Å². The molecule has 2 nitrogen and oxygen atoms in total. The lowest BCUT2D eigenvalue weighted by molar-refractivity contribution is -0.0988. The summed E-state index contributed by atoms with van der Waals surface area (Å²) < 4.78 is 6.33. The summed E-state index contributed by atoms with van der Waals surface area (Å²) in [5.74, 6) is 2.36. The van der Waals surface area contributed by atoms with Crippen LogP contribution in [0.4, 0.5) is 0 Å². The number of rotatable bonds is 1. The number of ether oxygens (including phenoxy) is 1. The highest BCUT2D eigenvalue weighted by atomic mass is 16.5. The zero-order valence-corrected chi connectivity index (χ0v) is 17.0. The maximum absolute atomic E-state index is 10.6. The Bertz CT molecular complexity index is 559. The van der Waals surface area contributed by atoms with Crippen LogP contribution in [0.5, 0.6) is 0 Å². The van der Waals surface area contributed by atoms with E-state index >= 15 is 0 Å². The Hall–Kier alpha value is -0.340. The van der Waals surface area contributed by atoms with Crippen LogP contribution in [0.2, 0.25) is 0 Å². The fourth-order valence-corrected chi connectivity index (χ4v) is 7.20. The molecular formula is C23H38O2. The molecule has 0 aliphatic heterocycles. The van der Waals surface area contributed by atoms with E-state index in [0.717, 1.165) is 30.6 Å². The van der Waals surface area contributed by atoms with Crippen molar-refractivity contribution in [2.45, 2.75) is 104 Å². The van der Waals surface area contributed by atoms with Crippen molar-refractivity contribution in [3.05, 3.63) is 11.6 Å². The van der Waals surface area contributed by atoms with Gasteiger partial charge in [0.1, 0.15) is 0 Å². The molecule has 0 spiro atoms. The van der Waals surface area contributed by atoms with Gasteiger partial charge in [0.25, 0.3) is 0 Å². The van der Waals surface area contributed by atoms with E-state index in [1.54, 1.807) is 5.57 Å². The van der Waals surface area contributed by atoms with Gasteiger partial charge in [-0.3, -0.25) is 0 Å². The lowest BCUT2D eigenvalue weighted by Crippen LogP contribution is -2.51. The third-order valence-corrected chi connectivity index (χ3v) is 8.53. The Labute approximate surface area is 154 Å². The van der Waals surface area contributed by atoms with Crippen LogP contribution in [0.25, 0.3) is 0 Å². The molecule has 0 amide bonds. The van der Waals surface area contributed by atoms with E-state index in [1.807, 2.05) is 0 Å². The van der Waals surface area contributed by atoms with Crippen LogP contribution in [-0.4, -0.2) is 22.9 Å². The van der Waals surface area contributed by atoms with E-state index in [2.05, 4.69) is 40.7 Å². The molecule has 0 bridgehead atoms. The summed E-state index contributed by atoms with van der Waals surface area (Å²) in [5, 5.41) is 10.6. The number of fused-ring (bicyclic) bond motifs is 5. The lowest BCUT2D eigenvalue weighted by Gasteiger charge is -2.58. The minimum atomic E-state index is -0.0624. The first-order valence-electron chi connectivity index (χ1n) is 10.7. The monoisotopic (exact) mass is 346 g/mol. The van der Waals surface area contributed by atoms with Gasteiger partial charge in [-0.1, -0.05) is 25.5 Å². The van der Waals surface area contributed by atoms with E-state index in [4.69, 9.17) is 4.74 Å². The highest BCUT2D eigenvalue weighted by Gasteiger charge is 2.58. The maximum atomic E-state index is 10.6. The van der Waals surface area contributed by atoms with E-state index in [-0.39, 0.29) is 17.1 Å². The van der Waals surface area contributed by atoms with Crippen molar-refractivity contribution >= 4 is 0 Å². The summed E-state index contributed by atoms with van der Waals surface area (Å²) in [6.07, 6.45) is 12.6. The van der Waals surface area contributed by atoms with Gasteiger partial charge in [0.15, 0.2) is 0 Å². The molecule has 3 fully saturated rings. The van der Waals surface area contributed by atoms with E-state index < -0.39 is 0 Å². The second kappa shape index (κ2) is 5.83. The van der Waals surface area contributed by atoms with Gasteiger partial charge in [0, 0.05) is 0 Å². The van der Waals surface area contributed by atoms with Crippen molar-refractivity contribution in [1.29, 1.82) is 0 Å². The van der Waals surface area contributed by atoms with Crippen LogP contribution in [0.1, 0.15) is 86.0 Å². The molecule has 2 heteroatoms. The Morgan fingerprint density at radius 3 is 2.52 bits per heavy atom. The van der Waals surface area contributed by atoms with Crippen molar-refractivity contribution in [2.24, 2.45) is 28.6 Å². The third kappa shape index (κ3) is 2.83. The zero-order chi connectivity index (χ0) is 18.0. The van der Waals surface area contributed by atoms with Gasteiger partial charge in [0.2, 0.25) is 0 Å². The predicted molar refractivity (Wildman–Crippen MR) is 102 cm³/mol. The number of hydrogen-bond acceptors (Lipinski definition) is 2. The molecule has 4 rings (SSSR count). The molecule has 4 aliphatic rings. The van der Waals surface area contributed by atoms with E-state index in [1.165, 1.54) is 38.5 Å². The van der Waals surface area contributed by atoms with Gasteiger partial charge in [0.05, 0.1) is 17.8 Å². The van der Waals surface area contributed by atoms with Crippen molar-refractivity contribution in [3.63, 3.8) is 0 Å². The van der Waals surface area contributed by atoms with Crippen molar-refractivity contribution in [1.82, 2.24) is 0 Å². The normalized spacial score (nSPS) is 49.8. The smallest absolute Gasteiger partial charge is 0.0619 e. The van der Waals surface area contributed by atoms with E-state index in [0.29, 0.717) is 11.5 Å². The van der Waals surface area contributed by atoms with Gasteiger partial charge < -0.3 is 9.84 Å². The molecule has 0 saturated heterocycles. The van der Waals surface area contributed by atoms with Crippen molar-refractivity contribution in [2.75, 3.05) is 0 Å². The van der Waals surface area contributed by atoms with Gasteiger partial charge in [-0.25, -0.2) is 0 Å². The fourth-order valence-electron chi connectivity index (χ4n) is 7.20. The SMILES string of the molecule is CC(C)(C)O[C@H]1CC[C@@]2(C)C(=CC[C@@H]3[C@H]4CC[C@H](O)[C@@]4(C)CC[C@H]32)C1. The van der Waals surface area contributed by atoms with Crippen molar-refractivity contribution < 1.29 is 9.84 Å². The number of aliphatic hydroxyl groups excluding tert-OH is 1. The Morgan fingerprint density at radius 2 is 1.80 bits per heavy atom. The van der Waals surface area contributed by atoms with Crippen LogP contribution in [-0.2, 0) is 4.74 Å². The minimum Gasteiger partial charge on any atom is -0.393 e. The first kappa shape index (κ1) is 18.0. The fraction of sp³-hybridized carbons (Fsp3) is 0.913. The quantitative estimate of drug-likeness (QED) is 0.636. The molecule has 25 heavy (non-hydrogen) atoms. The first-order valence-corrected chi connectivity index (χ1v) is 10.7. The van der Waals surface area contributed by atoms with Gasteiger partial charge >= 0.3 is 0 Å². The van der Waals surface area contributed by atoms with Crippen LogP contribution >= 0.6 is 0 Å². The molecule has 0 unspecified atom stereocenters. The third-order valence-electron chi connectivity index (χ3n) is 8.53. The zero-order valence-electron chi connectivity index (χ0n) is 17.0. The topological polar surface area (TPSA) is 29.5 Å².